The van der Waals surface area contributed by atoms with Gasteiger partial charge in [-0.1, -0.05) is 66.2 Å². The van der Waals surface area contributed by atoms with Crippen molar-refractivity contribution in [3.05, 3.63) is 120 Å². The van der Waals surface area contributed by atoms with Gasteiger partial charge in [-0.2, -0.15) is 0 Å². The third-order valence-corrected chi connectivity index (χ3v) is 6.79. The Hall–Kier alpha value is -4.01. The van der Waals surface area contributed by atoms with Crippen LogP contribution in [0.5, 0.6) is 0 Å². The summed E-state index contributed by atoms with van der Waals surface area (Å²) in [5.74, 6) is 0. The van der Waals surface area contributed by atoms with Gasteiger partial charge in [0.1, 0.15) is 0 Å². The van der Waals surface area contributed by atoms with Crippen molar-refractivity contribution in [3.63, 3.8) is 0 Å². The van der Waals surface area contributed by atoms with Gasteiger partial charge in [-0.15, -0.1) is 0 Å². The van der Waals surface area contributed by atoms with Crippen molar-refractivity contribution in [1.82, 2.24) is 9.13 Å². The summed E-state index contributed by atoms with van der Waals surface area (Å²) >= 11 is 6.53. The molecule has 0 N–H and O–H groups in total. The van der Waals surface area contributed by atoms with Gasteiger partial charge in [-0.3, -0.25) is 0 Å². The van der Waals surface area contributed by atoms with Gasteiger partial charge >= 0.3 is 0 Å². The molecule has 156 valence electrons. The fourth-order valence-corrected chi connectivity index (χ4v) is 5.42. The Balaban J connectivity index is 1.75. The Bertz CT molecular complexity index is 1810. The fraction of sp³-hybridized carbons (Fsp3) is 0. The summed E-state index contributed by atoms with van der Waals surface area (Å²) in [4.78, 5) is 0. The summed E-state index contributed by atoms with van der Waals surface area (Å²) in [5, 5.41) is 5.66. The number of hydrogen-bond donors (Lipinski definition) is 0. The molecule has 2 nitrogen and oxygen atoms in total. The van der Waals surface area contributed by atoms with Gasteiger partial charge in [0.15, 0.2) is 0 Å². The highest BCUT2D eigenvalue weighted by atomic mass is 35.5. The third-order valence-electron chi connectivity index (χ3n) is 6.56. The normalized spacial score (nSPS) is 11.8. The van der Waals surface area contributed by atoms with Crippen LogP contribution in [0, 0.1) is 0 Å². The van der Waals surface area contributed by atoms with E-state index < -0.39 is 0 Å². The molecule has 0 spiro atoms. The lowest BCUT2D eigenvalue weighted by Gasteiger charge is -2.09. The molecule has 3 heteroatoms. The topological polar surface area (TPSA) is 9.86 Å². The van der Waals surface area contributed by atoms with E-state index in [9.17, 15) is 0 Å². The average Bonchev–Trinajstić information content (AvgIpc) is 3.37. The highest BCUT2D eigenvalue weighted by Crippen LogP contribution is 2.42. The van der Waals surface area contributed by atoms with Gasteiger partial charge in [0, 0.05) is 37.9 Å². The predicted molar refractivity (Wildman–Crippen MR) is 140 cm³/mol. The summed E-state index contributed by atoms with van der Waals surface area (Å²) < 4.78 is 4.70. The number of benzene rings is 5. The van der Waals surface area contributed by atoms with Gasteiger partial charge in [0.25, 0.3) is 0 Å². The van der Waals surface area contributed by atoms with Crippen molar-refractivity contribution in [2.45, 2.75) is 0 Å². The SMILES string of the molecule is Clc1ccc2c(c1)c1c3c4ccccc4n(-c4ccccc4)c3ccc1n2-c1ccccc1. The molecule has 0 saturated carbocycles. The second-order valence-corrected chi connectivity index (χ2v) is 8.81. The van der Waals surface area contributed by atoms with Crippen LogP contribution in [-0.2, 0) is 0 Å². The van der Waals surface area contributed by atoms with E-state index in [0.29, 0.717) is 0 Å². The molecule has 7 aromatic rings. The van der Waals surface area contributed by atoms with Crippen molar-refractivity contribution >= 4 is 55.2 Å². The number of hydrogen-bond acceptors (Lipinski definition) is 0. The maximum atomic E-state index is 6.53. The Morgan fingerprint density at radius 2 is 0.909 bits per heavy atom. The van der Waals surface area contributed by atoms with Crippen LogP contribution in [0.3, 0.4) is 0 Å². The molecule has 0 radical (unpaired) electrons. The predicted octanol–water partition coefficient (Wildman–Crippen LogP) is 8.53. The monoisotopic (exact) mass is 442 g/mol. The van der Waals surface area contributed by atoms with Crippen LogP contribution in [0.25, 0.3) is 55.0 Å². The summed E-state index contributed by atoms with van der Waals surface area (Å²) in [5.41, 5.74) is 7.04. The van der Waals surface area contributed by atoms with E-state index in [0.717, 1.165) is 21.9 Å². The maximum Gasteiger partial charge on any atom is 0.0548 e. The first-order valence-electron chi connectivity index (χ1n) is 11.1. The third kappa shape index (κ3) is 2.62. The van der Waals surface area contributed by atoms with Crippen LogP contribution in [0.4, 0.5) is 0 Å². The van der Waals surface area contributed by atoms with Gasteiger partial charge in [0.2, 0.25) is 0 Å². The standard InChI is InChI=1S/C30H19ClN2/c31-20-15-16-26-24(19-20)30-28(33(26)22-11-5-2-6-12-22)18-17-27-29(30)23-13-7-8-14-25(23)32(27)21-9-3-1-4-10-21/h1-19H. The van der Waals surface area contributed by atoms with E-state index in [1.54, 1.807) is 0 Å². The zero-order valence-electron chi connectivity index (χ0n) is 17.7. The number of rotatable bonds is 2. The molecule has 0 atom stereocenters. The molecule has 33 heavy (non-hydrogen) atoms. The lowest BCUT2D eigenvalue weighted by molar-refractivity contribution is 1.17. The van der Waals surface area contributed by atoms with Crippen LogP contribution in [0.15, 0.2) is 115 Å². The zero-order valence-corrected chi connectivity index (χ0v) is 18.5. The van der Waals surface area contributed by atoms with E-state index in [2.05, 4.69) is 118 Å². The van der Waals surface area contributed by atoms with Gasteiger partial charge in [-0.25, -0.2) is 0 Å². The number of nitrogens with zero attached hydrogens (tertiary/aromatic N) is 2. The van der Waals surface area contributed by atoms with Crippen LogP contribution < -0.4 is 0 Å². The number of para-hydroxylation sites is 3. The van der Waals surface area contributed by atoms with Gasteiger partial charge in [0.05, 0.1) is 22.1 Å². The highest BCUT2D eigenvalue weighted by molar-refractivity contribution is 6.34. The molecule has 0 bridgehead atoms. The first-order valence-corrected chi connectivity index (χ1v) is 11.5. The molecule has 0 unspecified atom stereocenters. The number of aromatic nitrogens is 2. The fourth-order valence-electron chi connectivity index (χ4n) is 5.25. The van der Waals surface area contributed by atoms with Crippen molar-refractivity contribution < 1.29 is 0 Å². The van der Waals surface area contributed by atoms with E-state index in [4.69, 9.17) is 11.6 Å². The lowest BCUT2D eigenvalue weighted by atomic mass is 10.1. The van der Waals surface area contributed by atoms with Crippen molar-refractivity contribution in [3.8, 4) is 11.4 Å². The molecule has 2 heterocycles. The Morgan fingerprint density at radius 1 is 0.424 bits per heavy atom. The molecule has 0 fully saturated rings. The van der Waals surface area contributed by atoms with Crippen LogP contribution >= 0.6 is 11.6 Å². The van der Waals surface area contributed by atoms with Crippen LogP contribution in [0.1, 0.15) is 0 Å². The summed E-state index contributed by atoms with van der Waals surface area (Å²) in [6, 6.07) is 40.5. The van der Waals surface area contributed by atoms with E-state index >= 15 is 0 Å². The lowest BCUT2D eigenvalue weighted by Crippen LogP contribution is -1.94. The molecular formula is C30H19ClN2. The number of halogens is 1. The molecule has 5 aromatic carbocycles. The minimum Gasteiger partial charge on any atom is -0.309 e. The van der Waals surface area contributed by atoms with Crippen molar-refractivity contribution in [1.29, 1.82) is 0 Å². The molecule has 7 rings (SSSR count). The Kier molecular flexibility index (Phi) is 3.93. The van der Waals surface area contributed by atoms with Gasteiger partial charge in [-0.05, 0) is 60.7 Å². The second kappa shape index (κ2) is 6.99. The quantitative estimate of drug-likeness (QED) is 0.254. The smallest absolute Gasteiger partial charge is 0.0548 e. The summed E-state index contributed by atoms with van der Waals surface area (Å²) in [6.45, 7) is 0. The largest absolute Gasteiger partial charge is 0.309 e. The molecule has 0 saturated heterocycles. The maximum absolute atomic E-state index is 6.53. The minimum atomic E-state index is 0.749. The van der Waals surface area contributed by atoms with Crippen molar-refractivity contribution in [2.24, 2.45) is 0 Å². The van der Waals surface area contributed by atoms with Crippen molar-refractivity contribution in [2.75, 3.05) is 0 Å². The first-order chi connectivity index (χ1) is 16.3. The van der Waals surface area contributed by atoms with E-state index in [1.807, 2.05) is 6.07 Å². The molecule has 0 aliphatic rings. The average molecular weight is 443 g/mol. The van der Waals surface area contributed by atoms with Crippen LogP contribution in [-0.4, -0.2) is 9.13 Å². The minimum absolute atomic E-state index is 0.749. The summed E-state index contributed by atoms with van der Waals surface area (Å²) in [6.07, 6.45) is 0. The molecule has 0 aliphatic carbocycles. The first kappa shape index (κ1) is 18.6. The Labute approximate surface area is 195 Å². The van der Waals surface area contributed by atoms with Gasteiger partial charge < -0.3 is 9.13 Å². The second-order valence-electron chi connectivity index (χ2n) is 8.37. The number of fused-ring (bicyclic) bond motifs is 7. The van der Waals surface area contributed by atoms with E-state index in [-0.39, 0.29) is 0 Å². The molecule has 2 aromatic heterocycles. The van der Waals surface area contributed by atoms with Crippen LogP contribution in [0.2, 0.25) is 5.02 Å². The highest BCUT2D eigenvalue weighted by Gasteiger charge is 2.20. The zero-order chi connectivity index (χ0) is 21.9. The van der Waals surface area contributed by atoms with E-state index in [1.165, 1.54) is 38.1 Å². The Morgan fingerprint density at radius 3 is 1.55 bits per heavy atom. The summed E-state index contributed by atoms with van der Waals surface area (Å²) in [7, 11) is 0. The molecule has 0 amide bonds. The molecular weight excluding hydrogens is 424 g/mol. The molecule has 0 aliphatic heterocycles.